The second-order valence-electron chi connectivity index (χ2n) is 6.14. The van der Waals surface area contributed by atoms with Gasteiger partial charge in [-0.25, -0.2) is 0 Å². The molecule has 4 rings (SSSR count). The maximum atomic E-state index is 6.35. The fourth-order valence-electron chi connectivity index (χ4n) is 3.97. The summed E-state index contributed by atoms with van der Waals surface area (Å²) in [5, 5.41) is 0. The normalized spacial score (nSPS) is 27.3. The van der Waals surface area contributed by atoms with Crippen LogP contribution in [0.3, 0.4) is 0 Å². The van der Waals surface area contributed by atoms with Crippen molar-refractivity contribution in [1.82, 2.24) is 4.81 Å². The zero-order valence-electron chi connectivity index (χ0n) is 12.3. The van der Waals surface area contributed by atoms with E-state index in [1.807, 2.05) is 7.62 Å². The maximum absolute atomic E-state index is 6.35. The lowest BCUT2D eigenvalue weighted by atomic mass is 9.76. The summed E-state index contributed by atoms with van der Waals surface area (Å²) in [5.74, 6) is 0.615. The number of benzene rings is 2. The van der Waals surface area contributed by atoms with E-state index in [0.717, 1.165) is 6.54 Å². The number of hydrogen-bond donors (Lipinski definition) is 0. The fourth-order valence-corrected chi connectivity index (χ4v) is 3.97. The first-order valence-electron chi connectivity index (χ1n) is 7.70. The lowest BCUT2D eigenvalue weighted by Gasteiger charge is -2.38. The van der Waals surface area contributed by atoms with Gasteiger partial charge < -0.3 is 9.47 Å². The summed E-state index contributed by atoms with van der Waals surface area (Å²) >= 11 is 0. The Morgan fingerprint density at radius 1 is 1.00 bits per heavy atom. The first-order chi connectivity index (χ1) is 10.3. The SMILES string of the molecule is CC1CCN2[B]OC(c3ccccc3)(c3ccccc3)C12. The summed E-state index contributed by atoms with van der Waals surface area (Å²) in [5.41, 5.74) is 2.11. The van der Waals surface area contributed by atoms with Crippen molar-refractivity contribution in [2.45, 2.75) is 25.0 Å². The van der Waals surface area contributed by atoms with Crippen LogP contribution in [0.25, 0.3) is 0 Å². The highest BCUT2D eigenvalue weighted by molar-refractivity contribution is 6.25. The van der Waals surface area contributed by atoms with Gasteiger partial charge in [-0.2, -0.15) is 0 Å². The van der Waals surface area contributed by atoms with Gasteiger partial charge >= 0.3 is 7.62 Å². The maximum Gasteiger partial charge on any atom is 0.400 e. The van der Waals surface area contributed by atoms with Crippen LogP contribution in [0.5, 0.6) is 0 Å². The topological polar surface area (TPSA) is 12.5 Å². The van der Waals surface area contributed by atoms with E-state index in [0.29, 0.717) is 12.0 Å². The third-order valence-electron chi connectivity index (χ3n) is 4.93. The van der Waals surface area contributed by atoms with Crippen LogP contribution in [-0.4, -0.2) is 25.0 Å². The molecule has 2 aliphatic rings. The van der Waals surface area contributed by atoms with Gasteiger partial charge in [0, 0.05) is 6.04 Å². The number of nitrogens with zero attached hydrogens (tertiary/aromatic N) is 1. The van der Waals surface area contributed by atoms with Crippen LogP contribution in [0.4, 0.5) is 0 Å². The fraction of sp³-hybridized carbons (Fsp3) is 0.333. The van der Waals surface area contributed by atoms with Gasteiger partial charge in [-0.15, -0.1) is 0 Å². The Morgan fingerprint density at radius 3 is 2.14 bits per heavy atom. The highest BCUT2D eigenvalue weighted by Crippen LogP contribution is 2.48. The van der Waals surface area contributed by atoms with Gasteiger partial charge in [-0.1, -0.05) is 67.6 Å². The highest BCUT2D eigenvalue weighted by Gasteiger charge is 2.55. The van der Waals surface area contributed by atoms with Gasteiger partial charge in [-0.05, 0) is 30.0 Å². The van der Waals surface area contributed by atoms with Crippen LogP contribution in [0.2, 0.25) is 0 Å². The van der Waals surface area contributed by atoms with Crippen LogP contribution in [0.1, 0.15) is 24.5 Å². The van der Waals surface area contributed by atoms with E-state index in [9.17, 15) is 0 Å². The van der Waals surface area contributed by atoms with Gasteiger partial charge in [-0.3, -0.25) is 0 Å². The van der Waals surface area contributed by atoms with Gasteiger partial charge in [0.05, 0.1) is 0 Å². The summed E-state index contributed by atoms with van der Waals surface area (Å²) in [4.78, 5) is 2.38. The molecule has 0 aromatic heterocycles. The van der Waals surface area contributed by atoms with Crippen LogP contribution < -0.4 is 0 Å². The van der Waals surface area contributed by atoms with Crippen molar-refractivity contribution in [1.29, 1.82) is 0 Å². The van der Waals surface area contributed by atoms with Gasteiger partial charge in [0.25, 0.3) is 0 Å². The molecule has 3 heteroatoms. The Bertz CT molecular complexity index is 576. The lowest BCUT2D eigenvalue weighted by molar-refractivity contribution is 0.0907. The zero-order chi connectivity index (χ0) is 14.3. The molecule has 2 heterocycles. The second-order valence-corrected chi connectivity index (χ2v) is 6.14. The molecule has 21 heavy (non-hydrogen) atoms. The third kappa shape index (κ3) is 1.88. The van der Waals surface area contributed by atoms with E-state index < -0.39 is 0 Å². The standard InChI is InChI=1S/C18H19BNO/c1-14-12-13-20-17(14)18(21-19-20,15-8-4-2-5-9-15)16-10-6-3-7-11-16/h2-11,14,17H,12-13H2,1H3. The minimum atomic E-state index is -0.377. The average molecular weight is 276 g/mol. The Morgan fingerprint density at radius 2 is 1.57 bits per heavy atom. The van der Waals surface area contributed by atoms with E-state index in [1.54, 1.807) is 0 Å². The molecular weight excluding hydrogens is 257 g/mol. The van der Waals surface area contributed by atoms with Crippen molar-refractivity contribution in [3.63, 3.8) is 0 Å². The van der Waals surface area contributed by atoms with Crippen LogP contribution in [0, 0.1) is 5.92 Å². The molecule has 2 aromatic carbocycles. The van der Waals surface area contributed by atoms with E-state index in [-0.39, 0.29) is 5.60 Å². The van der Waals surface area contributed by atoms with Gasteiger partial charge in [0.1, 0.15) is 5.60 Å². The predicted molar refractivity (Wildman–Crippen MR) is 84.8 cm³/mol. The molecule has 0 spiro atoms. The molecule has 2 aromatic rings. The molecule has 2 fully saturated rings. The third-order valence-corrected chi connectivity index (χ3v) is 4.93. The lowest BCUT2D eigenvalue weighted by Crippen LogP contribution is -2.43. The molecule has 2 aliphatic heterocycles. The van der Waals surface area contributed by atoms with Crippen LogP contribution >= 0.6 is 0 Å². The largest absolute Gasteiger partial charge is 0.409 e. The molecule has 2 nitrogen and oxygen atoms in total. The Labute approximate surface area is 127 Å². The van der Waals surface area contributed by atoms with E-state index >= 15 is 0 Å². The molecular formula is C18H19BNO. The average Bonchev–Trinajstić information content (AvgIpc) is 3.11. The quantitative estimate of drug-likeness (QED) is 0.781. The molecule has 0 aliphatic carbocycles. The van der Waals surface area contributed by atoms with Crippen molar-refractivity contribution in [3.05, 3.63) is 71.8 Å². The van der Waals surface area contributed by atoms with E-state index in [1.165, 1.54) is 17.5 Å². The molecule has 2 unspecified atom stereocenters. The van der Waals surface area contributed by atoms with Crippen molar-refractivity contribution >= 4 is 7.62 Å². The van der Waals surface area contributed by atoms with E-state index in [2.05, 4.69) is 72.4 Å². The predicted octanol–water partition coefficient (Wildman–Crippen LogP) is 3.21. The highest BCUT2D eigenvalue weighted by atomic mass is 16.5. The summed E-state index contributed by atoms with van der Waals surface area (Å²) in [7, 11) is 1.95. The van der Waals surface area contributed by atoms with E-state index in [4.69, 9.17) is 4.65 Å². The Hall–Kier alpha value is -1.58. The summed E-state index contributed by atoms with van der Waals surface area (Å²) < 4.78 is 6.35. The molecule has 105 valence electrons. The Balaban J connectivity index is 1.92. The smallest absolute Gasteiger partial charge is 0.400 e. The zero-order valence-corrected chi connectivity index (χ0v) is 12.3. The minimum Gasteiger partial charge on any atom is -0.409 e. The first kappa shape index (κ1) is 13.1. The molecule has 2 saturated heterocycles. The first-order valence-corrected chi connectivity index (χ1v) is 7.70. The molecule has 2 atom stereocenters. The number of fused-ring (bicyclic) bond motifs is 1. The number of hydrogen-bond acceptors (Lipinski definition) is 2. The molecule has 0 saturated carbocycles. The minimum absolute atomic E-state index is 0.377. The second kappa shape index (κ2) is 5.01. The van der Waals surface area contributed by atoms with Crippen LogP contribution in [-0.2, 0) is 10.3 Å². The molecule has 0 bridgehead atoms. The summed E-state index contributed by atoms with van der Waals surface area (Å²) in [6.45, 7) is 3.43. The molecule has 0 amide bonds. The summed E-state index contributed by atoms with van der Waals surface area (Å²) in [6.07, 6.45) is 1.23. The monoisotopic (exact) mass is 276 g/mol. The summed E-state index contributed by atoms with van der Waals surface area (Å²) in [6, 6.07) is 21.7. The van der Waals surface area contributed by atoms with Crippen molar-refractivity contribution < 1.29 is 4.65 Å². The van der Waals surface area contributed by atoms with Crippen molar-refractivity contribution in [2.24, 2.45) is 5.92 Å². The van der Waals surface area contributed by atoms with Gasteiger partial charge in [0.2, 0.25) is 0 Å². The molecule has 0 N–H and O–H groups in total. The molecule has 1 radical (unpaired) electrons. The number of rotatable bonds is 2. The van der Waals surface area contributed by atoms with Gasteiger partial charge in [0.15, 0.2) is 0 Å². The van der Waals surface area contributed by atoms with Crippen molar-refractivity contribution in [2.75, 3.05) is 6.54 Å². The van der Waals surface area contributed by atoms with Crippen LogP contribution in [0.15, 0.2) is 60.7 Å². The van der Waals surface area contributed by atoms with Crippen molar-refractivity contribution in [3.8, 4) is 0 Å². The Kier molecular flexibility index (Phi) is 3.13.